The van der Waals surface area contributed by atoms with E-state index >= 15 is 0 Å². The molecule has 0 radical (unpaired) electrons. The summed E-state index contributed by atoms with van der Waals surface area (Å²) in [4.78, 5) is 11.6. The van der Waals surface area contributed by atoms with Crippen LogP contribution in [0.2, 0.25) is 0 Å². The predicted octanol–water partition coefficient (Wildman–Crippen LogP) is 3.71. The fourth-order valence-electron chi connectivity index (χ4n) is 3.90. The van der Waals surface area contributed by atoms with Crippen LogP contribution in [-0.2, 0) is 0 Å². The summed E-state index contributed by atoms with van der Waals surface area (Å²) in [5.74, 6) is 2.19. The van der Waals surface area contributed by atoms with Crippen molar-refractivity contribution in [2.75, 3.05) is 18.0 Å². The molecular formula is C20H30N6. The molecule has 4 rings (SSSR count). The van der Waals surface area contributed by atoms with Gasteiger partial charge in [-0.25, -0.2) is 9.97 Å². The lowest BCUT2D eigenvalue weighted by atomic mass is 9.86. The van der Waals surface area contributed by atoms with E-state index in [4.69, 9.17) is 10.7 Å². The third kappa shape index (κ3) is 3.29. The number of nitrogens with zero attached hydrogens (tertiary/aromatic N) is 4. The van der Waals surface area contributed by atoms with Gasteiger partial charge in [0.2, 0.25) is 0 Å². The highest BCUT2D eigenvalue weighted by Gasteiger charge is 2.28. The van der Waals surface area contributed by atoms with Crippen molar-refractivity contribution in [1.82, 2.24) is 20.2 Å². The molecule has 1 fully saturated rings. The van der Waals surface area contributed by atoms with Crippen molar-refractivity contribution >= 4 is 16.9 Å². The van der Waals surface area contributed by atoms with Crippen LogP contribution < -0.4 is 10.6 Å². The highest BCUT2D eigenvalue weighted by Crippen LogP contribution is 2.28. The number of aromatic nitrogens is 4. The molecule has 1 saturated heterocycles. The average Bonchev–Trinajstić information content (AvgIpc) is 3.07. The Morgan fingerprint density at radius 3 is 3.04 bits per heavy atom. The van der Waals surface area contributed by atoms with Crippen molar-refractivity contribution in [3.05, 3.63) is 36.5 Å². The quantitative estimate of drug-likeness (QED) is 0.746. The Morgan fingerprint density at radius 1 is 1.31 bits per heavy atom. The van der Waals surface area contributed by atoms with Gasteiger partial charge in [0.05, 0.1) is 11.4 Å². The summed E-state index contributed by atoms with van der Waals surface area (Å²) < 4.78 is 0. The number of piperidine rings is 1. The summed E-state index contributed by atoms with van der Waals surface area (Å²) in [6, 6.07) is 10.4. The standard InChI is InChI=1S/C20H26N6.2H2/c1-13(2)11-14-12-26(10-8-16(14)21)18-7-3-6-17(23-18)19-15-5-4-9-22-20(15)25-24-19;;/h3-7,9,13-14,16H,8,10-12,21H2,1-2H3,(H,22,24,25);2*1H/t14-,16+;;/m1../s1. The van der Waals surface area contributed by atoms with E-state index in [1.807, 2.05) is 18.2 Å². The van der Waals surface area contributed by atoms with Crippen molar-refractivity contribution in [3.8, 4) is 11.4 Å². The van der Waals surface area contributed by atoms with Crippen LogP contribution in [0.5, 0.6) is 0 Å². The van der Waals surface area contributed by atoms with Crippen LogP contribution in [0, 0.1) is 11.8 Å². The number of hydrogen-bond acceptors (Lipinski definition) is 5. The first-order valence-corrected chi connectivity index (χ1v) is 9.39. The number of hydrogen-bond donors (Lipinski definition) is 2. The number of nitrogens with two attached hydrogens (primary N) is 1. The molecule has 0 aliphatic carbocycles. The lowest BCUT2D eigenvalue weighted by Gasteiger charge is -2.38. The van der Waals surface area contributed by atoms with Crippen molar-refractivity contribution in [2.45, 2.75) is 32.7 Å². The molecule has 0 saturated carbocycles. The van der Waals surface area contributed by atoms with Gasteiger partial charge in [0, 0.05) is 33.6 Å². The van der Waals surface area contributed by atoms with Crippen LogP contribution in [0.3, 0.4) is 0 Å². The van der Waals surface area contributed by atoms with Crippen LogP contribution in [-0.4, -0.2) is 39.3 Å². The number of H-pyrrole nitrogens is 1. The zero-order chi connectivity index (χ0) is 18.1. The Kier molecular flexibility index (Phi) is 4.59. The van der Waals surface area contributed by atoms with Gasteiger partial charge in [0.1, 0.15) is 5.82 Å². The molecule has 1 aliphatic rings. The van der Waals surface area contributed by atoms with Crippen LogP contribution >= 0.6 is 0 Å². The molecule has 3 aromatic rings. The van der Waals surface area contributed by atoms with Gasteiger partial charge in [-0.3, -0.25) is 5.10 Å². The minimum Gasteiger partial charge on any atom is -0.356 e. The zero-order valence-electron chi connectivity index (χ0n) is 15.4. The molecule has 3 N–H and O–H groups in total. The number of fused-ring (bicyclic) bond motifs is 1. The van der Waals surface area contributed by atoms with E-state index in [0.29, 0.717) is 17.9 Å². The van der Waals surface area contributed by atoms with Gasteiger partial charge in [-0.2, -0.15) is 5.10 Å². The van der Waals surface area contributed by atoms with E-state index in [1.54, 1.807) is 6.20 Å². The minimum absolute atomic E-state index is 0. The van der Waals surface area contributed by atoms with Gasteiger partial charge in [-0.15, -0.1) is 0 Å². The molecule has 140 valence electrons. The van der Waals surface area contributed by atoms with Gasteiger partial charge in [0.15, 0.2) is 5.65 Å². The number of pyridine rings is 2. The summed E-state index contributed by atoms with van der Waals surface area (Å²) in [6.07, 6.45) is 3.93. The zero-order valence-corrected chi connectivity index (χ0v) is 15.4. The van der Waals surface area contributed by atoms with Crippen molar-refractivity contribution in [2.24, 2.45) is 17.6 Å². The van der Waals surface area contributed by atoms with Gasteiger partial charge in [0.25, 0.3) is 0 Å². The lowest BCUT2D eigenvalue weighted by molar-refractivity contribution is 0.303. The van der Waals surface area contributed by atoms with Crippen molar-refractivity contribution < 1.29 is 2.85 Å². The first-order valence-electron chi connectivity index (χ1n) is 9.39. The summed E-state index contributed by atoms with van der Waals surface area (Å²) in [5, 5.41) is 8.37. The molecular weight excluding hydrogens is 324 g/mol. The minimum atomic E-state index is 0. The highest BCUT2D eigenvalue weighted by atomic mass is 15.2. The summed E-state index contributed by atoms with van der Waals surface area (Å²) >= 11 is 0. The molecule has 0 aromatic carbocycles. The Labute approximate surface area is 156 Å². The molecule has 6 heteroatoms. The number of nitrogens with one attached hydrogen (secondary N) is 1. The van der Waals surface area contributed by atoms with Gasteiger partial charge in [-0.1, -0.05) is 19.9 Å². The molecule has 0 spiro atoms. The number of rotatable bonds is 4. The fourth-order valence-corrected chi connectivity index (χ4v) is 3.90. The third-order valence-electron chi connectivity index (χ3n) is 5.21. The molecule has 2 atom stereocenters. The lowest BCUT2D eigenvalue weighted by Crippen LogP contribution is -2.47. The molecule has 3 aromatic heterocycles. The molecule has 26 heavy (non-hydrogen) atoms. The maximum atomic E-state index is 6.37. The van der Waals surface area contributed by atoms with Crippen molar-refractivity contribution in [1.29, 1.82) is 0 Å². The van der Waals surface area contributed by atoms with Crippen LogP contribution in [0.15, 0.2) is 36.5 Å². The van der Waals surface area contributed by atoms with Gasteiger partial charge in [-0.05, 0) is 48.9 Å². The summed E-state index contributed by atoms with van der Waals surface area (Å²) in [6.45, 7) is 6.46. The molecule has 0 unspecified atom stereocenters. The van der Waals surface area contributed by atoms with E-state index in [2.05, 4.69) is 46.1 Å². The first kappa shape index (κ1) is 17.0. The first-order chi connectivity index (χ1) is 12.6. The monoisotopic (exact) mass is 354 g/mol. The Balaban J connectivity index is 0.00000140. The fraction of sp³-hybridized carbons (Fsp3) is 0.450. The van der Waals surface area contributed by atoms with E-state index in [0.717, 1.165) is 54.2 Å². The average molecular weight is 355 g/mol. The maximum Gasteiger partial charge on any atom is 0.181 e. The topological polar surface area (TPSA) is 83.7 Å². The molecule has 0 bridgehead atoms. The number of aromatic amines is 1. The van der Waals surface area contributed by atoms with Crippen molar-refractivity contribution in [3.63, 3.8) is 0 Å². The molecule has 6 nitrogen and oxygen atoms in total. The third-order valence-corrected chi connectivity index (χ3v) is 5.21. The Hall–Kier alpha value is -2.47. The van der Waals surface area contributed by atoms with Crippen LogP contribution in [0.25, 0.3) is 22.4 Å². The van der Waals surface area contributed by atoms with E-state index in [9.17, 15) is 0 Å². The molecule has 0 amide bonds. The Bertz CT molecular complexity index is 897. The summed E-state index contributed by atoms with van der Waals surface area (Å²) in [5.41, 5.74) is 8.90. The van der Waals surface area contributed by atoms with E-state index in [-0.39, 0.29) is 2.85 Å². The molecule has 1 aliphatic heterocycles. The Morgan fingerprint density at radius 2 is 2.19 bits per heavy atom. The summed E-state index contributed by atoms with van der Waals surface area (Å²) in [7, 11) is 0. The smallest absolute Gasteiger partial charge is 0.181 e. The normalized spacial score (nSPS) is 20.8. The second kappa shape index (κ2) is 7.03. The van der Waals surface area contributed by atoms with E-state index in [1.165, 1.54) is 0 Å². The largest absolute Gasteiger partial charge is 0.356 e. The SMILES string of the molecule is CC(C)C[C@@H]1CN(c2cccc(-c3[nH]nc4ncccc34)n2)CC[C@@H]1N.[HH].[HH]. The second-order valence-corrected chi connectivity index (χ2v) is 7.64. The molecule has 4 heterocycles. The predicted molar refractivity (Wildman–Crippen MR) is 109 cm³/mol. The van der Waals surface area contributed by atoms with E-state index < -0.39 is 0 Å². The van der Waals surface area contributed by atoms with Crippen LogP contribution in [0.1, 0.15) is 29.5 Å². The maximum absolute atomic E-state index is 6.37. The highest BCUT2D eigenvalue weighted by molar-refractivity contribution is 5.89. The number of anilines is 1. The van der Waals surface area contributed by atoms with Gasteiger partial charge < -0.3 is 10.6 Å². The second-order valence-electron chi connectivity index (χ2n) is 7.64. The van der Waals surface area contributed by atoms with Crippen LogP contribution in [0.4, 0.5) is 5.82 Å². The van der Waals surface area contributed by atoms with Gasteiger partial charge >= 0.3 is 0 Å².